The molecule has 1 aliphatic rings. The standard InChI is InChI=1S/C22H11F6NO5/c23-21(24,25)13-7-12(8-14(9-13)22(26,27)28)20-18-17(10-33-20)34-16(19(18)30)6-3-11-1-4-15(5-2-11)29(31)32/h1-10,16H/b6-3+. The van der Waals surface area contributed by atoms with Crippen molar-refractivity contribution in [1.82, 2.24) is 0 Å². The Morgan fingerprint density at radius 1 is 0.941 bits per heavy atom. The van der Waals surface area contributed by atoms with Gasteiger partial charge < -0.3 is 9.15 Å². The molecular weight excluding hydrogens is 472 g/mol. The lowest BCUT2D eigenvalue weighted by atomic mass is 9.99. The summed E-state index contributed by atoms with van der Waals surface area (Å²) < 4.78 is 89.6. The number of nitrogens with zero attached hydrogens (tertiary/aromatic N) is 1. The van der Waals surface area contributed by atoms with Gasteiger partial charge in [-0.25, -0.2) is 0 Å². The number of ether oxygens (including phenoxy) is 1. The van der Waals surface area contributed by atoms with Crippen molar-refractivity contribution in [3.8, 4) is 17.1 Å². The van der Waals surface area contributed by atoms with Gasteiger partial charge in [0.25, 0.3) is 5.69 Å². The monoisotopic (exact) mass is 483 g/mol. The fraction of sp³-hybridized carbons (Fsp3) is 0.136. The second-order valence-electron chi connectivity index (χ2n) is 7.21. The summed E-state index contributed by atoms with van der Waals surface area (Å²) in [5.74, 6) is -1.35. The number of ketones is 1. The number of halogens is 6. The average Bonchev–Trinajstić information content (AvgIpc) is 3.31. The molecule has 34 heavy (non-hydrogen) atoms. The van der Waals surface area contributed by atoms with E-state index in [1.165, 1.54) is 36.4 Å². The van der Waals surface area contributed by atoms with E-state index >= 15 is 0 Å². The highest BCUT2D eigenvalue weighted by atomic mass is 19.4. The Morgan fingerprint density at radius 2 is 1.53 bits per heavy atom. The van der Waals surface area contributed by atoms with Crippen LogP contribution in [0.2, 0.25) is 0 Å². The Labute approximate surface area is 186 Å². The summed E-state index contributed by atoms with van der Waals surface area (Å²) in [7, 11) is 0. The zero-order valence-corrected chi connectivity index (χ0v) is 16.6. The number of rotatable bonds is 4. The van der Waals surface area contributed by atoms with Crippen molar-refractivity contribution in [3.63, 3.8) is 0 Å². The molecule has 0 fully saturated rings. The van der Waals surface area contributed by atoms with E-state index in [9.17, 15) is 41.3 Å². The summed E-state index contributed by atoms with van der Waals surface area (Å²) in [5.41, 5.74) is -3.62. The minimum Gasteiger partial charge on any atom is -0.474 e. The summed E-state index contributed by atoms with van der Waals surface area (Å²) >= 11 is 0. The van der Waals surface area contributed by atoms with Crippen LogP contribution in [0.1, 0.15) is 27.0 Å². The van der Waals surface area contributed by atoms with Crippen molar-refractivity contribution in [3.05, 3.63) is 87.2 Å². The lowest BCUT2D eigenvalue weighted by Gasteiger charge is -2.13. The van der Waals surface area contributed by atoms with Gasteiger partial charge in [0.2, 0.25) is 5.78 Å². The van der Waals surface area contributed by atoms with Crippen LogP contribution in [0.25, 0.3) is 17.4 Å². The molecule has 0 saturated carbocycles. The maximum Gasteiger partial charge on any atom is 0.416 e. The van der Waals surface area contributed by atoms with E-state index in [4.69, 9.17) is 9.15 Å². The smallest absolute Gasteiger partial charge is 0.416 e. The zero-order valence-electron chi connectivity index (χ0n) is 16.6. The lowest BCUT2D eigenvalue weighted by Crippen LogP contribution is -2.17. The topological polar surface area (TPSA) is 82.6 Å². The number of benzene rings is 2. The third-order valence-corrected chi connectivity index (χ3v) is 4.93. The highest BCUT2D eigenvalue weighted by Crippen LogP contribution is 2.43. The summed E-state index contributed by atoms with van der Waals surface area (Å²) in [5, 5.41) is 10.7. The molecule has 0 aliphatic carbocycles. The number of alkyl halides is 6. The molecule has 0 bridgehead atoms. The first kappa shape index (κ1) is 23.1. The first-order chi connectivity index (χ1) is 15.8. The Balaban J connectivity index is 1.66. The molecule has 1 aromatic heterocycles. The van der Waals surface area contributed by atoms with E-state index in [1.54, 1.807) is 0 Å². The zero-order chi connectivity index (χ0) is 24.8. The molecule has 1 atom stereocenters. The highest BCUT2D eigenvalue weighted by Gasteiger charge is 2.40. The van der Waals surface area contributed by atoms with Crippen molar-refractivity contribution in [2.24, 2.45) is 0 Å². The second kappa shape index (κ2) is 8.04. The van der Waals surface area contributed by atoms with Crippen molar-refractivity contribution < 1.29 is 45.2 Å². The number of hydrogen-bond acceptors (Lipinski definition) is 5. The Morgan fingerprint density at radius 3 is 2.06 bits per heavy atom. The molecule has 176 valence electrons. The predicted octanol–water partition coefficient (Wildman–Crippen LogP) is 6.55. The van der Waals surface area contributed by atoms with E-state index in [1.807, 2.05) is 0 Å². The van der Waals surface area contributed by atoms with Crippen LogP contribution in [0.3, 0.4) is 0 Å². The number of non-ortho nitro benzene ring substituents is 1. The average molecular weight is 483 g/mol. The van der Waals surface area contributed by atoms with Gasteiger partial charge in [-0.15, -0.1) is 0 Å². The van der Waals surface area contributed by atoms with Crippen molar-refractivity contribution in [2.45, 2.75) is 18.5 Å². The summed E-state index contributed by atoms with van der Waals surface area (Å²) in [6.45, 7) is 0. The van der Waals surface area contributed by atoms with Gasteiger partial charge >= 0.3 is 12.4 Å². The number of nitro groups is 1. The molecule has 1 unspecified atom stereocenters. The predicted molar refractivity (Wildman–Crippen MR) is 105 cm³/mol. The molecule has 0 saturated heterocycles. The van der Waals surface area contributed by atoms with E-state index in [0.717, 1.165) is 6.26 Å². The van der Waals surface area contributed by atoms with E-state index in [2.05, 4.69) is 0 Å². The summed E-state index contributed by atoms with van der Waals surface area (Å²) in [6.07, 6.45) is -7.69. The number of hydrogen-bond donors (Lipinski definition) is 0. The van der Waals surface area contributed by atoms with Crippen LogP contribution in [0.4, 0.5) is 32.0 Å². The quantitative estimate of drug-likeness (QED) is 0.239. The molecule has 2 aromatic carbocycles. The van der Waals surface area contributed by atoms with Gasteiger partial charge in [0.1, 0.15) is 17.6 Å². The Hall–Kier alpha value is -4.09. The molecule has 6 nitrogen and oxygen atoms in total. The molecule has 1 aliphatic heterocycles. The minimum atomic E-state index is -5.07. The number of nitro benzene ring substituents is 1. The molecule has 2 heterocycles. The van der Waals surface area contributed by atoms with Crippen LogP contribution in [0.5, 0.6) is 5.75 Å². The fourth-order valence-electron chi connectivity index (χ4n) is 3.33. The SMILES string of the molecule is O=C1c2c(coc2-c2cc(C(F)(F)F)cc(C(F)(F)F)c2)OC1/C=C/c1ccc([N+](=O)[O-])cc1. The van der Waals surface area contributed by atoms with Crippen molar-refractivity contribution >= 4 is 17.5 Å². The third kappa shape index (κ3) is 4.38. The molecule has 12 heteroatoms. The van der Waals surface area contributed by atoms with Crippen LogP contribution in [-0.4, -0.2) is 16.8 Å². The first-order valence-corrected chi connectivity index (χ1v) is 9.39. The molecule has 0 radical (unpaired) electrons. The molecular formula is C22H11F6NO5. The van der Waals surface area contributed by atoms with Crippen LogP contribution >= 0.6 is 0 Å². The third-order valence-electron chi connectivity index (χ3n) is 4.93. The number of furan rings is 1. The minimum absolute atomic E-state index is 0.0271. The van der Waals surface area contributed by atoms with Crippen LogP contribution in [0, 0.1) is 10.1 Å². The van der Waals surface area contributed by atoms with Gasteiger partial charge in [-0.1, -0.05) is 6.08 Å². The van der Waals surface area contributed by atoms with Gasteiger partial charge in [0.15, 0.2) is 11.9 Å². The molecule has 0 N–H and O–H groups in total. The molecule has 0 spiro atoms. The normalized spacial score (nSPS) is 16.1. The molecule has 0 amide bonds. The summed E-state index contributed by atoms with van der Waals surface area (Å²) in [4.78, 5) is 22.9. The Bertz CT molecular complexity index is 1270. The van der Waals surface area contributed by atoms with Crippen LogP contribution in [0.15, 0.2) is 59.2 Å². The van der Waals surface area contributed by atoms with Gasteiger partial charge in [-0.2, -0.15) is 26.3 Å². The van der Waals surface area contributed by atoms with Crippen LogP contribution in [-0.2, 0) is 12.4 Å². The lowest BCUT2D eigenvalue weighted by molar-refractivity contribution is -0.384. The number of Topliss-reactive ketones (excluding diaryl/α,β-unsaturated/α-hetero) is 1. The van der Waals surface area contributed by atoms with Gasteiger partial charge in [0, 0.05) is 17.7 Å². The molecule has 4 rings (SSSR count). The van der Waals surface area contributed by atoms with E-state index < -0.39 is 51.6 Å². The second-order valence-corrected chi connectivity index (χ2v) is 7.21. The van der Waals surface area contributed by atoms with Crippen LogP contribution < -0.4 is 4.74 Å². The maximum atomic E-state index is 13.2. The fourth-order valence-corrected chi connectivity index (χ4v) is 3.33. The largest absolute Gasteiger partial charge is 0.474 e. The first-order valence-electron chi connectivity index (χ1n) is 9.39. The molecule has 3 aromatic rings. The van der Waals surface area contributed by atoms with E-state index in [0.29, 0.717) is 17.7 Å². The van der Waals surface area contributed by atoms with Gasteiger partial charge in [-0.3, -0.25) is 14.9 Å². The number of fused-ring (bicyclic) bond motifs is 1. The van der Waals surface area contributed by atoms with Gasteiger partial charge in [0.05, 0.1) is 16.1 Å². The maximum absolute atomic E-state index is 13.2. The van der Waals surface area contributed by atoms with E-state index in [-0.39, 0.29) is 23.1 Å². The van der Waals surface area contributed by atoms with Gasteiger partial charge in [-0.05, 0) is 42.0 Å². The highest BCUT2D eigenvalue weighted by molar-refractivity contribution is 6.10. The number of carbonyl (C=O) groups is 1. The number of carbonyl (C=O) groups excluding carboxylic acids is 1. The Kier molecular flexibility index (Phi) is 5.46. The van der Waals surface area contributed by atoms with Crippen molar-refractivity contribution in [1.29, 1.82) is 0 Å². The van der Waals surface area contributed by atoms with Crippen molar-refractivity contribution in [2.75, 3.05) is 0 Å². The summed E-state index contributed by atoms with van der Waals surface area (Å²) in [6, 6.07) is 6.22.